The molecule has 1 saturated carbocycles. The summed E-state index contributed by atoms with van der Waals surface area (Å²) >= 11 is 0. The molecule has 1 aliphatic carbocycles. The molecule has 0 bridgehead atoms. The number of anilines is 1. The predicted octanol–water partition coefficient (Wildman–Crippen LogP) is 2.39. The van der Waals surface area contributed by atoms with Crippen LogP contribution in [-0.2, 0) is 0 Å². The van der Waals surface area contributed by atoms with Crippen molar-refractivity contribution in [3.63, 3.8) is 0 Å². The van der Waals surface area contributed by atoms with Crippen molar-refractivity contribution in [3.05, 3.63) is 30.3 Å². The first-order valence-corrected chi connectivity index (χ1v) is 5.36. The van der Waals surface area contributed by atoms with Crippen molar-refractivity contribution in [2.75, 3.05) is 5.43 Å². The monoisotopic (exact) mass is 204 g/mol. The van der Waals surface area contributed by atoms with Crippen LogP contribution in [0.2, 0.25) is 0 Å². The largest absolute Gasteiger partial charge is 0.384 e. The summed E-state index contributed by atoms with van der Waals surface area (Å²) < 4.78 is 0. The molecule has 1 aliphatic rings. The molecule has 15 heavy (non-hydrogen) atoms. The maximum absolute atomic E-state index is 9.98. The average molecular weight is 204 g/mol. The maximum Gasteiger partial charge on any atom is 0.101 e. The van der Waals surface area contributed by atoms with Crippen LogP contribution in [0, 0.1) is 0 Å². The van der Waals surface area contributed by atoms with Crippen LogP contribution in [-0.4, -0.2) is 16.9 Å². The summed E-state index contributed by atoms with van der Waals surface area (Å²) in [6.45, 7) is 0. The van der Waals surface area contributed by atoms with Gasteiger partial charge in [0.15, 0.2) is 0 Å². The Kier molecular flexibility index (Phi) is 3.02. The quantitative estimate of drug-likeness (QED) is 0.586. The number of hydrogen-bond acceptors (Lipinski definition) is 3. The van der Waals surface area contributed by atoms with Gasteiger partial charge in [-0.1, -0.05) is 31.0 Å². The van der Waals surface area contributed by atoms with Crippen LogP contribution in [0.3, 0.4) is 0 Å². The zero-order chi connectivity index (χ0) is 10.6. The third-order valence-corrected chi connectivity index (χ3v) is 2.74. The van der Waals surface area contributed by atoms with E-state index < -0.39 is 5.60 Å². The Balaban J connectivity index is 1.90. The first-order valence-electron chi connectivity index (χ1n) is 5.36. The van der Waals surface area contributed by atoms with Gasteiger partial charge in [0.25, 0.3) is 0 Å². The van der Waals surface area contributed by atoms with E-state index in [9.17, 15) is 5.11 Å². The highest BCUT2D eigenvalue weighted by Gasteiger charge is 2.28. The Hall–Kier alpha value is -1.35. The summed E-state index contributed by atoms with van der Waals surface area (Å²) in [5.41, 5.74) is 3.17. The number of para-hydroxylation sites is 1. The molecule has 0 atom stereocenters. The standard InChI is InChI=1S/C12H16N2O/c15-12(8-4-5-9-12)10-13-14-11-6-2-1-3-7-11/h1-3,6-7,10,14-15H,4-5,8-9H2. The van der Waals surface area contributed by atoms with Gasteiger partial charge in [-0.2, -0.15) is 5.10 Å². The first-order chi connectivity index (χ1) is 7.29. The van der Waals surface area contributed by atoms with Crippen LogP contribution in [0.25, 0.3) is 0 Å². The van der Waals surface area contributed by atoms with Crippen molar-refractivity contribution in [2.45, 2.75) is 31.3 Å². The van der Waals surface area contributed by atoms with Crippen LogP contribution in [0.4, 0.5) is 5.69 Å². The molecule has 0 amide bonds. The van der Waals surface area contributed by atoms with E-state index in [0.717, 1.165) is 31.4 Å². The molecule has 2 rings (SSSR count). The number of nitrogens with one attached hydrogen (secondary N) is 1. The van der Waals surface area contributed by atoms with Crippen molar-refractivity contribution in [3.8, 4) is 0 Å². The molecule has 0 unspecified atom stereocenters. The Bertz CT molecular complexity index is 329. The molecular formula is C12H16N2O. The van der Waals surface area contributed by atoms with E-state index in [0.29, 0.717) is 0 Å². The van der Waals surface area contributed by atoms with Crippen molar-refractivity contribution in [1.29, 1.82) is 0 Å². The predicted molar refractivity (Wildman–Crippen MR) is 62.0 cm³/mol. The third-order valence-electron chi connectivity index (χ3n) is 2.74. The fraction of sp³-hybridized carbons (Fsp3) is 0.417. The van der Waals surface area contributed by atoms with Crippen LogP contribution in [0.15, 0.2) is 35.4 Å². The summed E-state index contributed by atoms with van der Waals surface area (Å²) in [5.74, 6) is 0. The van der Waals surface area contributed by atoms with Crippen LogP contribution in [0.5, 0.6) is 0 Å². The number of nitrogens with zero attached hydrogens (tertiary/aromatic N) is 1. The van der Waals surface area contributed by atoms with Crippen molar-refractivity contribution >= 4 is 11.9 Å². The highest BCUT2D eigenvalue weighted by Crippen LogP contribution is 2.27. The summed E-state index contributed by atoms with van der Waals surface area (Å²) in [6.07, 6.45) is 5.47. The fourth-order valence-electron chi connectivity index (χ4n) is 1.86. The summed E-state index contributed by atoms with van der Waals surface area (Å²) in [6, 6.07) is 9.73. The van der Waals surface area contributed by atoms with Gasteiger partial charge in [0, 0.05) is 0 Å². The summed E-state index contributed by atoms with van der Waals surface area (Å²) in [4.78, 5) is 0. The molecule has 2 N–H and O–H groups in total. The second kappa shape index (κ2) is 4.45. The van der Waals surface area contributed by atoms with Gasteiger partial charge in [0.05, 0.1) is 11.9 Å². The molecule has 0 aromatic heterocycles. The maximum atomic E-state index is 9.98. The van der Waals surface area contributed by atoms with Gasteiger partial charge >= 0.3 is 0 Å². The van der Waals surface area contributed by atoms with E-state index in [2.05, 4.69) is 10.5 Å². The van der Waals surface area contributed by atoms with E-state index in [4.69, 9.17) is 0 Å². The molecule has 3 nitrogen and oxygen atoms in total. The van der Waals surface area contributed by atoms with Gasteiger partial charge in [-0.05, 0) is 25.0 Å². The number of rotatable bonds is 3. The minimum atomic E-state index is -0.679. The number of hydrazone groups is 1. The molecule has 80 valence electrons. The average Bonchev–Trinajstić information content (AvgIpc) is 2.67. The zero-order valence-corrected chi connectivity index (χ0v) is 8.69. The lowest BCUT2D eigenvalue weighted by Gasteiger charge is -2.15. The number of benzene rings is 1. The van der Waals surface area contributed by atoms with Crippen LogP contribution >= 0.6 is 0 Å². The topological polar surface area (TPSA) is 44.6 Å². The SMILES string of the molecule is OC1(C=NNc2ccccc2)CCCC1. The van der Waals surface area contributed by atoms with Crippen molar-refractivity contribution < 1.29 is 5.11 Å². The van der Waals surface area contributed by atoms with E-state index in [1.807, 2.05) is 30.3 Å². The Morgan fingerprint density at radius 1 is 1.20 bits per heavy atom. The van der Waals surface area contributed by atoms with Gasteiger partial charge in [-0.3, -0.25) is 5.43 Å². The number of aliphatic hydroxyl groups is 1. The normalized spacial score (nSPS) is 19.5. The Morgan fingerprint density at radius 3 is 2.53 bits per heavy atom. The van der Waals surface area contributed by atoms with Crippen LogP contribution in [0.1, 0.15) is 25.7 Å². The Morgan fingerprint density at radius 2 is 1.87 bits per heavy atom. The lowest BCUT2D eigenvalue weighted by atomic mass is 10.1. The molecule has 3 heteroatoms. The highest BCUT2D eigenvalue weighted by atomic mass is 16.3. The zero-order valence-electron chi connectivity index (χ0n) is 8.69. The Labute approximate surface area is 89.8 Å². The fourth-order valence-corrected chi connectivity index (χ4v) is 1.86. The second-order valence-electron chi connectivity index (χ2n) is 4.05. The molecule has 0 aliphatic heterocycles. The lowest BCUT2D eigenvalue weighted by Crippen LogP contribution is -2.26. The molecule has 0 spiro atoms. The minimum absolute atomic E-state index is 0.679. The van der Waals surface area contributed by atoms with E-state index in [1.54, 1.807) is 6.21 Å². The summed E-state index contributed by atoms with van der Waals surface area (Å²) in [5, 5.41) is 14.1. The second-order valence-corrected chi connectivity index (χ2v) is 4.05. The molecule has 1 aromatic carbocycles. The van der Waals surface area contributed by atoms with Crippen molar-refractivity contribution in [1.82, 2.24) is 0 Å². The van der Waals surface area contributed by atoms with Gasteiger partial charge in [-0.15, -0.1) is 0 Å². The molecule has 0 saturated heterocycles. The number of hydrogen-bond donors (Lipinski definition) is 2. The van der Waals surface area contributed by atoms with E-state index in [1.165, 1.54) is 0 Å². The molecule has 1 fully saturated rings. The van der Waals surface area contributed by atoms with Gasteiger partial charge < -0.3 is 5.11 Å². The highest BCUT2D eigenvalue weighted by molar-refractivity contribution is 5.69. The van der Waals surface area contributed by atoms with Gasteiger partial charge in [0.2, 0.25) is 0 Å². The van der Waals surface area contributed by atoms with Crippen LogP contribution < -0.4 is 5.43 Å². The first kappa shape index (κ1) is 10.2. The van der Waals surface area contributed by atoms with Gasteiger partial charge in [0.1, 0.15) is 5.60 Å². The smallest absolute Gasteiger partial charge is 0.101 e. The lowest BCUT2D eigenvalue weighted by molar-refractivity contribution is 0.125. The molecular weight excluding hydrogens is 188 g/mol. The molecule has 1 aromatic rings. The third kappa shape index (κ3) is 2.80. The van der Waals surface area contributed by atoms with Gasteiger partial charge in [-0.25, -0.2) is 0 Å². The van der Waals surface area contributed by atoms with E-state index >= 15 is 0 Å². The van der Waals surface area contributed by atoms with E-state index in [-0.39, 0.29) is 0 Å². The van der Waals surface area contributed by atoms with Crippen molar-refractivity contribution in [2.24, 2.45) is 5.10 Å². The minimum Gasteiger partial charge on any atom is -0.384 e. The molecule has 0 heterocycles. The molecule has 0 radical (unpaired) electrons. The summed E-state index contributed by atoms with van der Waals surface area (Å²) in [7, 11) is 0.